The van der Waals surface area contributed by atoms with Gasteiger partial charge in [0.15, 0.2) is 0 Å². The lowest BCUT2D eigenvalue weighted by Gasteiger charge is -2.06. The molecule has 0 radical (unpaired) electrons. The minimum Gasteiger partial charge on any atom is -0.326 e. The molecule has 2 aromatic heterocycles. The number of hydrogen-bond donors (Lipinski definition) is 1. The average Bonchev–Trinajstić information content (AvgIpc) is 2.77. The van der Waals surface area contributed by atoms with E-state index in [9.17, 15) is 0 Å². The van der Waals surface area contributed by atoms with Crippen molar-refractivity contribution in [1.82, 2.24) is 9.97 Å². The Bertz CT molecular complexity index is 703. The van der Waals surface area contributed by atoms with E-state index in [0.29, 0.717) is 6.54 Å². The molecule has 90 valence electrons. The molecule has 4 heteroatoms. The molecule has 0 fully saturated rings. The number of rotatable bonds is 2. The molecule has 0 aliphatic carbocycles. The number of benzene rings is 1. The van der Waals surface area contributed by atoms with Crippen LogP contribution in [-0.2, 0) is 6.54 Å². The molecule has 0 saturated heterocycles. The van der Waals surface area contributed by atoms with E-state index in [1.54, 1.807) is 17.5 Å². The first-order valence-corrected chi connectivity index (χ1v) is 6.61. The number of hydrogen-bond acceptors (Lipinski definition) is 4. The molecule has 18 heavy (non-hydrogen) atoms. The predicted molar refractivity (Wildman–Crippen MR) is 75.5 cm³/mol. The highest BCUT2D eigenvalue weighted by Gasteiger charge is 2.07. The van der Waals surface area contributed by atoms with E-state index in [1.807, 2.05) is 19.1 Å². The largest absolute Gasteiger partial charge is 0.326 e. The Kier molecular flexibility index (Phi) is 2.81. The first kappa shape index (κ1) is 11.3. The third-order valence-electron chi connectivity index (χ3n) is 2.88. The van der Waals surface area contributed by atoms with Crippen molar-refractivity contribution in [1.29, 1.82) is 0 Å². The van der Waals surface area contributed by atoms with Gasteiger partial charge in [-0.05, 0) is 30.7 Å². The van der Waals surface area contributed by atoms with Gasteiger partial charge in [0.1, 0.15) is 0 Å². The Balaban J connectivity index is 2.18. The molecule has 0 unspecified atom stereocenters. The number of aromatic nitrogens is 2. The summed E-state index contributed by atoms with van der Waals surface area (Å²) in [5, 5.41) is 1.09. The van der Waals surface area contributed by atoms with Crippen LogP contribution in [0.4, 0.5) is 0 Å². The summed E-state index contributed by atoms with van der Waals surface area (Å²) in [7, 11) is 0. The zero-order valence-corrected chi connectivity index (χ0v) is 10.9. The van der Waals surface area contributed by atoms with Crippen molar-refractivity contribution in [2.24, 2.45) is 5.73 Å². The van der Waals surface area contributed by atoms with E-state index in [4.69, 9.17) is 5.73 Å². The number of aryl methyl sites for hydroxylation is 1. The molecule has 0 atom stereocenters. The molecule has 0 aliphatic rings. The van der Waals surface area contributed by atoms with Crippen molar-refractivity contribution >= 4 is 21.6 Å². The minimum absolute atomic E-state index is 0.497. The Morgan fingerprint density at radius 2 is 2.17 bits per heavy atom. The standard InChI is InChI=1S/C14H13N3S/c1-9-17-12-7-10(4-5-13(12)18-9)14-11(8-15)3-2-6-16-14/h2-7H,8,15H2,1H3. The molecule has 3 rings (SSSR count). The van der Waals surface area contributed by atoms with Gasteiger partial charge in [0.25, 0.3) is 0 Å². The smallest absolute Gasteiger partial charge is 0.0907 e. The summed E-state index contributed by atoms with van der Waals surface area (Å²) in [4.78, 5) is 8.94. The van der Waals surface area contributed by atoms with Gasteiger partial charge in [0.05, 0.1) is 20.9 Å². The molecule has 0 amide bonds. The van der Waals surface area contributed by atoms with E-state index in [1.165, 1.54) is 4.70 Å². The van der Waals surface area contributed by atoms with Crippen molar-refractivity contribution in [3.63, 3.8) is 0 Å². The number of pyridine rings is 1. The molecule has 0 bridgehead atoms. The average molecular weight is 255 g/mol. The topological polar surface area (TPSA) is 51.8 Å². The molecule has 3 aromatic rings. The maximum Gasteiger partial charge on any atom is 0.0907 e. The van der Waals surface area contributed by atoms with Crippen LogP contribution in [0.1, 0.15) is 10.6 Å². The fraction of sp³-hybridized carbons (Fsp3) is 0.143. The highest BCUT2D eigenvalue weighted by atomic mass is 32.1. The van der Waals surface area contributed by atoms with Crippen LogP contribution in [0.15, 0.2) is 36.5 Å². The maximum atomic E-state index is 5.75. The SMILES string of the molecule is Cc1nc2cc(-c3ncccc3CN)ccc2s1. The van der Waals surface area contributed by atoms with Crippen molar-refractivity contribution < 1.29 is 0 Å². The molecule has 2 N–H and O–H groups in total. The van der Waals surface area contributed by atoms with Gasteiger partial charge >= 0.3 is 0 Å². The second-order valence-corrected chi connectivity index (χ2v) is 5.37. The highest BCUT2D eigenvalue weighted by Crippen LogP contribution is 2.28. The van der Waals surface area contributed by atoms with Crippen LogP contribution in [0.5, 0.6) is 0 Å². The van der Waals surface area contributed by atoms with Crippen molar-refractivity contribution in [2.75, 3.05) is 0 Å². The van der Waals surface area contributed by atoms with E-state index in [0.717, 1.165) is 27.3 Å². The first-order valence-electron chi connectivity index (χ1n) is 5.79. The maximum absolute atomic E-state index is 5.75. The fourth-order valence-corrected chi connectivity index (χ4v) is 2.86. The van der Waals surface area contributed by atoms with Gasteiger partial charge in [-0.1, -0.05) is 12.1 Å². The van der Waals surface area contributed by atoms with Gasteiger partial charge < -0.3 is 5.73 Å². The molecular formula is C14H13N3S. The van der Waals surface area contributed by atoms with E-state index in [2.05, 4.69) is 28.2 Å². The van der Waals surface area contributed by atoms with E-state index in [-0.39, 0.29) is 0 Å². The van der Waals surface area contributed by atoms with Crippen molar-refractivity contribution in [2.45, 2.75) is 13.5 Å². The zero-order chi connectivity index (χ0) is 12.5. The molecule has 1 aromatic carbocycles. The summed E-state index contributed by atoms with van der Waals surface area (Å²) in [5.41, 5.74) is 9.87. The number of fused-ring (bicyclic) bond motifs is 1. The van der Waals surface area contributed by atoms with Crippen molar-refractivity contribution in [3.05, 3.63) is 47.1 Å². The monoisotopic (exact) mass is 255 g/mol. The van der Waals surface area contributed by atoms with Crippen molar-refractivity contribution in [3.8, 4) is 11.3 Å². The first-order chi connectivity index (χ1) is 8.78. The van der Waals surface area contributed by atoms with Crippen LogP contribution in [-0.4, -0.2) is 9.97 Å². The summed E-state index contributed by atoms with van der Waals surface area (Å²) < 4.78 is 1.21. The lowest BCUT2D eigenvalue weighted by atomic mass is 10.1. The third-order valence-corrected chi connectivity index (χ3v) is 3.83. The quantitative estimate of drug-likeness (QED) is 0.765. The molecule has 3 nitrogen and oxygen atoms in total. The fourth-order valence-electron chi connectivity index (χ4n) is 2.05. The van der Waals surface area contributed by atoms with Crippen LogP contribution in [0, 0.1) is 6.92 Å². The van der Waals surface area contributed by atoms with Gasteiger partial charge in [-0.25, -0.2) is 4.98 Å². The zero-order valence-electron chi connectivity index (χ0n) is 10.1. The Morgan fingerprint density at radius 3 is 3.00 bits per heavy atom. The molecule has 2 heterocycles. The second kappa shape index (κ2) is 4.48. The summed E-state index contributed by atoms with van der Waals surface area (Å²) in [5.74, 6) is 0. The molecule has 0 saturated carbocycles. The lowest BCUT2D eigenvalue weighted by molar-refractivity contribution is 1.05. The minimum atomic E-state index is 0.497. The molecule has 0 aliphatic heterocycles. The van der Waals surface area contributed by atoms with Crippen LogP contribution < -0.4 is 5.73 Å². The summed E-state index contributed by atoms with van der Waals surface area (Å²) in [6.07, 6.45) is 1.80. The Morgan fingerprint density at radius 1 is 1.28 bits per heavy atom. The van der Waals surface area contributed by atoms with E-state index >= 15 is 0 Å². The Hall–Kier alpha value is -1.78. The predicted octanol–water partition coefficient (Wildman–Crippen LogP) is 3.13. The Labute approximate surface area is 109 Å². The third kappa shape index (κ3) is 1.89. The molecular weight excluding hydrogens is 242 g/mol. The second-order valence-electron chi connectivity index (χ2n) is 4.13. The van der Waals surface area contributed by atoms with Gasteiger partial charge in [-0.3, -0.25) is 4.98 Å². The van der Waals surface area contributed by atoms with E-state index < -0.39 is 0 Å². The van der Waals surface area contributed by atoms with Gasteiger partial charge in [-0.2, -0.15) is 0 Å². The van der Waals surface area contributed by atoms with Crippen LogP contribution >= 0.6 is 11.3 Å². The highest BCUT2D eigenvalue weighted by molar-refractivity contribution is 7.18. The number of thiazole rings is 1. The van der Waals surface area contributed by atoms with Crippen LogP contribution in [0.2, 0.25) is 0 Å². The number of nitrogens with two attached hydrogens (primary N) is 1. The van der Waals surface area contributed by atoms with Crippen LogP contribution in [0.25, 0.3) is 21.5 Å². The number of nitrogens with zero attached hydrogens (tertiary/aromatic N) is 2. The summed E-state index contributed by atoms with van der Waals surface area (Å²) >= 11 is 1.71. The van der Waals surface area contributed by atoms with Gasteiger partial charge in [-0.15, -0.1) is 11.3 Å². The molecule has 0 spiro atoms. The van der Waals surface area contributed by atoms with Crippen LogP contribution in [0.3, 0.4) is 0 Å². The van der Waals surface area contributed by atoms with Gasteiger partial charge in [0.2, 0.25) is 0 Å². The van der Waals surface area contributed by atoms with Gasteiger partial charge in [0, 0.05) is 18.3 Å². The normalized spacial score (nSPS) is 11.0. The lowest BCUT2D eigenvalue weighted by Crippen LogP contribution is -2.00. The summed E-state index contributed by atoms with van der Waals surface area (Å²) in [6.45, 7) is 2.52. The summed E-state index contributed by atoms with van der Waals surface area (Å²) in [6, 6.07) is 10.2.